The van der Waals surface area contributed by atoms with Crippen molar-refractivity contribution in [3.63, 3.8) is 0 Å². The van der Waals surface area contributed by atoms with Gasteiger partial charge in [-0.2, -0.15) is 13.2 Å². The van der Waals surface area contributed by atoms with Crippen LogP contribution in [0.3, 0.4) is 0 Å². The molecule has 0 radical (unpaired) electrons. The predicted octanol–water partition coefficient (Wildman–Crippen LogP) is 3.13. The van der Waals surface area contributed by atoms with Crippen molar-refractivity contribution in [2.24, 2.45) is 0 Å². The van der Waals surface area contributed by atoms with E-state index in [1.807, 2.05) is 0 Å². The van der Waals surface area contributed by atoms with E-state index in [9.17, 15) is 13.2 Å². The lowest BCUT2D eigenvalue weighted by atomic mass is 10.0. The van der Waals surface area contributed by atoms with Gasteiger partial charge < -0.3 is 5.32 Å². The second kappa shape index (κ2) is 3.85. The highest BCUT2D eigenvalue weighted by molar-refractivity contribution is 5.27. The van der Waals surface area contributed by atoms with Crippen molar-refractivity contribution in [2.75, 3.05) is 6.54 Å². The predicted molar refractivity (Wildman–Crippen MR) is 51.4 cm³/mol. The van der Waals surface area contributed by atoms with Gasteiger partial charge in [-0.05, 0) is 37.1 Å². The van der Waals surface area contributed by atoms with E-state index in [1.54, 1.807) is 12.1 Å². The molecule has 4 heteroatoms. The van der Waals surface area contributed by atoms with Crippen LogP contribution in [0.2, 0.25) is 0 Å². The Morgan fingerprint density at radius 1 is 1.13 bits per heavy atom. The molecule has 1 aromatic carbocycles. The molecular weight excluding hydrogens is 203 g/mol. The molecule has 0 bridgehead atoms. The van der Waals surface area contributed by atoms with Crippen molar-refractivity contribution in [1.82, 2.24) is 5.32 Å². The van der Waals surface area contributed by atoms with Crippen LogP contribution in [-0.2, 0) is 6.18 Å². The van der Waals surface area contributed by atoms with E-state index < -0.39 is 11.7 Å². The van der Waals surface area contributed by atoms with Gasteiger partial charge in [-0.1, -0.05) is 12.1 Å². The Morgan fingerprint density at radius 2 is 1.80 bits per heavy atom. The zero-order valence-electron chi connectivity index (χ0n) is 8.14. The molecule has 15 heavy (non-hydrogen) atoms. The fourth-order valence-electron chi connectivity index (χ4n) is 1.87. The topological polar surface area (TPSA) is 12.0 Å². The van der Waals surface area contributed by atoms with Crippen LogP contribution in [0.15, 0.2) is 24.3 Å². The SMILES string of the molecule is FC(F)(F)c1ccc(C2CCCN2)cc1. The minimum atomic E-state index is -4.23. The summed E-state index contributed by atoms with van der Waals surface area (Å²) >= 11 is 0. The molecule has 2 rings (SSSR count). The largest absolute Gasteiger partial charge is 0.416 e. The average Bonchev–Trinajstić information content (AvgIpc) is 2.69. The number of halogens is 3. The zero-order chi connectivity index (χ0) is 10.9. The Labute approximate surface area is 86.3 Å². The van der Waals surface area contributed by atoms with Gasteiger partial charge in [-0.3, -0.25) is 0 Å². The van der Waals surface area contributed by atoms with Crippen molar-refractivity contribution in [1.29, 1.82) is 0 Å². The number of benzene rings is 1. The maximum Gasteiger partial charge on any atom is 0.416 e. The molecule has 82 valence electrons. The van der Waals surface area contributed by atoms with Gasteiger partial charge in [-0.15, -0.1) is 0 Å². The van der Waals surface area contributed by atoms with Gasteiger partial charge in [0.15, 0.2) is 0 Å². The Balaban J connectivity index is 2.16. The van der Waals surface area contributed by atoms with Crippen molar-refractivity contribution < 1.29 is 13.2 Å². The van der Waals surface area contributed by atoms with Crippen LogP contribution in [0.4, 0.5) is 13.2 Å². The molecule has 1 atom stereocenters. The average molecular weight is 215 g/mol. The fraction of sp³-hybridized carbons (Fsp3) is 0.455. The second-order valence-electron chi connectivity index (χ2n) is 3.77. The van der Waals surface area contributed by atoms with Gasteiger partial charge in [-0.25, -0.2) is 0 Å². The molecule has 0 aromatic heterocycles. The Morgan fingerprint density at radius 3 is 2.27 bits per heavy atom. The molecule has 1 fully saturated rings. The zero-order valence-corrected chi connectivity index (χ0v) is 8.14. The lowest BCUT2D eigenvalue weighted by Gasteiger charge is -2.12. The molecule has 0 aliphatic carbocycles. The molecule has 1 nitrogen and oxygen atoms in total. The number of nitrogens with one attached hydrogen (secondary N) is 1. The molecular formula is C11H12F3N. The van der Waals surface area contributed by atoms with Crippen LogP contribution in [0.5, 0.6) is 0 Å². The third-order valence-corrected chi connectivity index (χ3v) is 2.70. The van der Waals surface area contributed by atoms with Crippen molar-refractivity contribution in [3.8, 4) is 0 Å². The Kier molecular flexibility index (Phi) is 2.69. The second-order valence-corrected chi connectivity index (χ2v) is 3.77. The third kappa shape index (κ3) is 2.31. The first-order chi connectivity index (χ1) is 7.07. The number of rotatable bonds is 1. The highest BCUT2D eigenvalue weighted by Gasteiger charge is 2.30. The monoisotopic (exact) mass is 215 g/mol. The van der Waals surface area contributed by atoms with E-state index in [2.05, 4.69) is 5.32 Å². The third-order valence-electron chi connectivity index (χ3n) is 2.70. The molecule has 1 unspecified atom stereocenters. The van der Waals surface area contributed by atoms with Crippen LogP contribution in [0.1, 0.15) is 30.0 Å². The van der Waals surface area contributed by atoms with E-state index in [1.165, 1.54) is 0 Å². The lowest BCUT2D eigenvalue weighted by Crippen LogP contribution is -2.13. The number of hydrogen-bond donors (Lipinski definition) is 1. The highest BCUT2D eigenvalue weighted by Crippen LogP contribution is 2.31. The van der Waals surface area contributed by atoms with Gasteiger partial charge in [0.05, 0.1) is 5.56 Å². The quantitative estimate of drug-likeness (QED) is 0.758. The number of alkyl halides is 3. The van der Waals surface area contributed by atoms with Gasteiger partial charge >= 0.3 is 6.18 Å². The summed E-state index contributed by atoms with van der Waals surface area (Å²) < 4.78 is 36.8. The van der Waals surface area contributed by atoms with Gasteiger partial charge in [0.1, 0.15) is 0 Å². The first-order valence-electron chi connectivity index (χ1n) is 4.98. The standard InChI is InChI=1S/C11H12F3N/c12-11(13,14)9-5-3-8(4-6-9)10-2-1-7-15-10/h3-6,10,15H,1-2,7H2. The van der Waals surface area contributed by atoms with Gasteiger partial charge in [0.2, 0.25) is 0 Å². The molecule has 0 saturated carbocycles. The fourth-order valence-corrected chi connectivity index (χ4v) is 1.87. The molecule has 1 saturated heterocycles. The maximum absolute atomic E-state index is 12.3. The smallest absolute Gasteiger partial charge is 0.310 e. The van der Waals surface area contributed by atoms with Gasteiger partial charge in [0.25, 0.3) is 0 Å². The van der Waals surface area contributed by atoms with Crippen molar-refractivity contribution in [3.05, 3.63) is 35.4 Å². The van der Waals surface area contributed by atoms with Gasteiger partial charge in [0, 0.05) is 6.04 Å². The normalized spacial score (nSPS) is 21.9. The van der Waals surface area contributed by atoms with Crippen LogP contribution in [0.25, 0.3) is 0 Å². The highest BCUT2D eigenvalue weighted by atomic mass is 19.4. The molecule has 1 aromatic rings. The van der Waals surface area contributed by atoms with Crippen LogP contribution in [0, 0.1) is 0 Å². The summed E-state index contributed by atoms with van der Waals surface area (Å²) in [7, 11) is 0. The summed E-state index contributed by atoms with van der Waals surface area (Å²) in [6, 6.07) is 5.65. The van der Waals surface area contributed by atoms with Crippen molar-refractivity contribution in [2.45, 2.75) is 25.1 Å². The first-order valence-corrected chi connectivity index (χ1v) is 4.98. The van der Waals surface area contributed by atoms with E-state index in [-0.39, 0.29) is 6.04 Å². The van der Waals surface area contributed by atoms with E-state index in [0.29, 0.717) is 0 Å². The molecule has 0 spiro atoms. The molecule has 1 heterocycles. The summed E-state index contributed by atoms with van der Waals surface area (Å²) in [4.78, 5) is 0. The van der Waals surface area contributed by atoms with E-state index in [4.69, 9.17) is 0 Å². The first kappa shape index (κ1) is 10.5. The molecule has 1 aliphatic rings. The summed E-state index contributed by atoms with van der Waals surface area (Å²) in [5.41, 5.74) is 0.366. The summed E-state index contributed by atoms with van der Waals surface area (Å²) in [6.45, 7) is 0.950. The van der Waals surface area contributed by atoms with Crippen LogP contribution in [-0.4, -0.2) is 6.54 Å². The minimum absolute atomic E-state index is 0.229. The minimum Gasteiger partial charge on any atom is -0.310 e. The van der Waals surface area contributed by atoms with E-state index in [0.717, 1.165) is 37.1 Å². The summed E-state index contributed by atoms with van der Waals surface area (Å²) in [6.07, 6.45) is -2.14. The van der Waals surface area contributed by atoms with E-state index >= 15 is 0 Å². The maximum atomic E-state index is 12.3. The summed E-state index contributed by atoms with van der Waals surface area (Å²) in [5, 5.41) is 3.25. The number of hydrogen-bond acceptors (Lipinski definition) is 1. The van der Waals surface area contributed by atoms with Crippen LogP contribution >= 0.6 is 0 Å². The Bertz CT molecular complexity index is 323. The Hall–Kier alpha value is -1.03. The molecule has 1 aliphatic heterocycles. The molecule has 1 N–H and O–H groups in total. The van der Waals surface area contributed by atoms with Crippen molar-refractivity contribution >= 4 is 0 Å². The van der Waals surface area contributed by atoms with Crippen LogP contribution < -0.4 is 5.32 Å². The lowest BCUT2D eigenvalue weighted by molar-refractivity contribution is -0.137. The molecule has 0 amide bonds. The summed E-state index contributed by atoms with van der Waals surface area (Å²) in [5.74, 6) is 0.